The lowest BCUT2D eigenvalue weighted by atomic mass is 10.1. The second kappa shape index (κ2) is 29.2. The van der Waals surface area contributed by atoms with Gasteiger partial charge in [-0.15, -0.1) is 21.1 Å². The first kappa shape index (κ1) is 68.7. The van der Waals surface area contributed by atoms with Gasteiger partial charge in [-0.25, -0.2) is 95.9 Å². The zero-order chi connectivity index (χ0) is 63.9. The van der Waals surface area contributed by atoms with Crippen LogP contribution >= 0.6 is 33.9 Å². The summed E-state index contributed by atoms with van der Waals surface area (Å²) in [6.45, 7) is 2.72. The Balaban J connectivity index is 0.000000276. The molecule has 6 aromatic rings. The van der Waals surface area contributed by atoms with Crippen molar-refractivity contribution in [2.24, 2.45) is 7.05 Å². The number of nitrogens with zero attached hydrogens (tertiary/aromatic N) is 8. The molecule has 4 aromatic heterocycles. The Morgan fingerprint density at radius 2 is 1.18 bits per heavy atom. The fourth-order valence-electron chi connectivity index (χ4n) is 6.18. The molecule has 460 valence electrons. The van der Waals surface area contributed by atoms with E-state index in [0.717, 1.165) is 61.7 Å². The van der Waals surface area contributed by atoms with Gasteiger partial charge < -0.3 is 33.3 Å². The third kappa shape index (κ3) is 18.6. The largest absolute Gasteiger partial charge is 0.481 e. The highest BCUT2D eigenvalue weighted by molar-refractivity contribution is 14.1. The maximum Gasteiger partial charge on any atom is 0.360 e. The van der Waals surface area contributed by atoms with Crippen LogP contribution in [0.15, 0.2) is 67.3 Å². The number of aromatic nitrogens is 8. The summed E-state index contributed by atoms with van der Waals surface area (Å²) in [6, 6.07) is 4.55. The van der Waals surface area contributed by atoms with Gasteiger partial charge in [0.25, 0.3) is 35.9 Å². The molecule has 43 heteroatoms. The molecule has 0 aliphatic carbocycles. The van der Waals surface area contributed by atoms with Gasteiger partial charge in [-0.05, 0) is 72.3 Å². The minimum atomic E-state index is -4.68. The van der Waals surface area contributed by atoms with Crippen LogP contribution in [0, 0.1) is 17.4 Å². The summed E-state index contributed by atoms with van der Waals surface area (Å²) in [5.41, 5.74) is -1.56. The average Bonchev–Trinajstić information content (AvgIpc) is 3.72. The predicted octanol–water partition coefficient (Wildman–Crippen LogP) is 0.467. The van der Waals surface area contributed by atoms with Crippen molar-refractivity contribution in [3.8, 4) is 23.8 Å². The number of esters is 3. The lowest BCUT2D eigenvalue weighted by Crippen LogP contribution is -2.40. The fraction of sp³-hybridized carbons (Fsp3) is 0.262. The summed E-state index contributed by atoms with van der Waals surface area (Å²) in [5, 5.41) is 17.8. The smallest absolute Gasteiger partial charge is 0.360 e. The van der Waals surface area contributed by atoms with Crippen molar-refractivity contribution >= 4 is 122 Å². The quantitative estimate of drug-likeness (QED) is 0.0202. The van der Waals surface area contributed by atoms with Crippen LogP contribution in [0.25, 0.3) is 0 Å². The average molecular weight is 1400 g/mol. The number of anilines is 2. The van der Waals surface area contributed by atoms with Gasteiger partial charge >= 0.3 is 53.7 Å². The van der Waals surface area contributed by atoms with Crippen molar-refractivity contribution in [2.45, 2.75) is 35.1 Å². The zero-order valence-corrected chi connectivity index (χ0v) is 51.5. The van der Waals surface area contributed by atoms with E-state index in [1.807, 2.05) is 27.9 Å². The lowest BCUT2D eigenvalue weighted by Gasteiger charge is -2.13. The number of benzene rings is 2. The van der Waals surface area contributed by atoms with Crippen molar-refractivity contribution in [1.82, 2.24) is 58.2 Å². The number of urea groups is 2. The van der Waals surface area contributed by atoms with Crippen molar-refractivity contribution in [3.05, 3.63) is 94.9 Å². The molecule has 0 saturated carbocycles. The van der Waals surface area contributed by atoms with Crippen molar-refractivity contribution in [2.75, 3.05) is 59.5 Å². The Labute approximate surface area is 498 Å². The molecule has 7 N–H and O–H groups in total. The van der Waals surface area contributed by atoms with Gasteiger partial charge in [-0.3, -0.25) is 10.6 Å². The number of ether oxygens (including phenoxy) is 6. The minimum Gasteiger partial charge on any atom is -0.481 e. The molecule has 85 heavy (non-hydrogen) atoms. The molecule has 2 aromatic carbocycles. The van der Waals surface area contributed by atoms with E-state index in [0.29, 0.717) is 8.25 Å². The SMILES string of the molecule is COC(=O)c1ccc(CNS(C)(=O)=O)cc1S(=O)(=O)NC(=O)Nc1nc(OC)cc(OO)n1.COC(=O)c1ccc(I)cc1S(=O)(=O)NC(=O)Nc1nc(C)nc(OC)n1.COC(=O)c1csc(C)c1S(=O)(=O)NC(=O)n1nc(OC)n(C)c1=O. The number of hydrogen-bond acceptors (Lipinski definition) is 30. The Hall–Kier alpha value is -8.76. The molecule has 0 saturated heterocycles. The Morgan fingerprint density at radius 1 is 0.647 bits per heavy atom. The molecule has 0 unspecified atom stereocenters. The number of amides is 5. The molecule has 0 spiro atoms. The molecule has 6 rings (SSSR count). The molecule has 0 radical (unpaired) electrons. The molecule has 5 amide bonds. The molecule has 0 bridgehead atoms. The van der Waals surface area contributed by atoms with Crippen LogP contribution in [0.5, 0.6) is 23.8 Å². The Bertz CT molecular complexity index is 4060. The summed E-state index contributed by atoms with van der Waals surface area (Å²) < 4.78 is 136. The van der Waals surface area contributed by atoms with Gasteiger partial charge in [0, 0.05) is 27.4 Å². The molecule has 0 fully saturated rings. The second-order valence-corrected chi connectivity index (χ2v) is 24.8. The summed E-state index contributed by atoms with van der Waals surface area (Å²) in [7, 11) is -8.76. The van der Waals surface area contributed by atoms with Crippen molar-refractivity contribution < 1.29 is 101 Å². The zero-order valence-electron chi connectivity index (χ0n) is 45.3. The highest BCUT2D eigenvalue weighted by Gasteiger charge is 2.32. The number of sulfonamides is 4. The second-order valence-electron chi connectivity index (χ2n) is 15.7. The molecule has 4 heterocycles. The Kier molecular flexibility index (Phi) is 23.6. The predicted molar refractivity (Wildman–Crippen MR) is 297 cm³/mol. The summed E-state index contributed by atoms with van der Waals surface area (Å²) in [6.07, 6.45) is 0.910. The normalized spacial score (nSPS) is 11.2. The highest BCUT2D eigenvalue weighted by atomic mass is 127. The molecular formula is C42H47IN14O23S5. The van der Waals surface area contributed by atoms with E-state index in [-0.39, 0.29) is 57.8 Å². The van der Waals surface area contributed by atoms with Gasteiger partial charge in [0.15, 0.2) is 0 Å². The number of rotatable bonds is 18. The van der Waals surface area contributed by atoms with Crippen LogP contribution < -0.4 is 54.3 Å². The lowest BCUT2D eigenvalue weighted by molar-refractivity contribution is -0.141. The number of hydrogen-bond donors (Lipinski definition) is 7. The van der Waals surface area contributed by atoms with E-state index in [1.165, 1.54) is 64.9 Å². The van der Waals surface area contributed by atoms with Crippen LogP contribution in [-0.2, 0) is 67.9 Å². The van der Waals surface area contributed by atoms with E-state index in [1.54, 1.807) is 21.1 Å². The number of halogens is 1. The monoisotopic (exact) mass is 1400 g/mol. The standard InChI is InChI=1S/C16H19N5O10S2.C14H14IN5O6S.C12H14N4O7S2/c1-29-12-7-13(31-24)19-15(18-12)20-16(23)21-33(27,28)11-6-9(8-17-32(3,25)26)4-5-10(11)14(22)30-2;1-7-16-12(19-14(17-7)26-3)18-13(22)20-27(23,24)10-6-8(15)4-5-9(10)11(21)25-2;1-6-8(7(5-24-6)9(17)22-3)25(20,21)14-10(18)16-12(19)15(2)11(13-16)23-4/h4-7,17,24H,8H2,1-3H3,(H2,18,19,20,21,23);4-6H,1-3H3,(H2,16,17,18,19,20,22);5H,1-4H3,(H,14,18). The third-order valence-corrected chi connectivity index (χ3v) is 16.5. The first-order valence-electron chi connectivity index (χ1n) is 22.3. The van der Waals surface area contributed by atoms with Gasteiger partial charge in [0.05, 0.1) is 71.7 Å². The first-order chi connectivity index (χ1) is 39.7. The number of nitrogens with one attached hydrogen (secondary N) is 6. The van der Waals surface area contributed by atoms with Crippen molar-refractivity contribution in [1.29, 1.82) is 0 Å². The maximum atomic E-state index is 12.8. The van der Waals surface area contributed by atoms with Crippen LogP contribution in [0.4, 0.5) is 26.3 Å². The number of carbonyl (C=O) groups is 6. The van der Waals surface area contributed by atoms with Crippen molar-refractivity contribution in [3.63, 3.8) is 0 Å². The van der Waals surface area contributed by atoms with Crippen LogP contribution in [-0.4, -0.2) is 163 Å². The molecule has 0 aliphatic rings. The summed E-state index contributed by atoms with van der Waals surface area (Å²) in [4.78, 5) is 106. The molecule has 37 nitrogen and oxygen atoms in total. The van der Waals surface area contributed by atoms with E-state index in [2.05, 4.69) is 59.2 Å². The minimum absolute atomic E-state index is 0.0498. The Morgan fingerprint density at radius 3 is 1.68 bits per heavy atom. The van der Waals surface area contributed by atoms with Gasteiger partial charge in [-0.2, -0.15) is 24.9 Å². The molecular weight excluding hydrogens is 1360 g/mol. The molecule has 0 atom stereocenters. The summed E-state index contributed by atoms with van der Waals surface area (Å²) >= 11 is 2.87. The van der Waals surface area contributed by atoms with Crippen LogP contribution in [0.2, 0.25) is 0 Å². The van der Waals surface area contributed by atoms with Gasteiger partial charge in [-0.1, -0.05) is 6.07 Å². The van der Waals surface area contributed by atoms with Gasteiger partial charge in [0.1, 0.15) is 20.5 Å². The number of aryl methyl sites for hydroxylation is 2. The van der Waals surface area contributed by atoms with E-state index >= 15 is 0 Å². The summed E-state index contributed by atoms with van der Waals surface area (Å²) in [5.74, 6) is -3.69. The van der Waals surface area contributed by atoms with Crippen LogP contribution in [0.1, 0.15) is 47.3 Å². The number of carbonyl (C=O) groups excluding carboxylic acids is 6. The fourth-order valence-corrected chi connectivity index (χ4v) is 12.1. The maximum absolute atomic E-state index is 12.8. The van der Waals surface area contributed by atoms with E-state index < -0.39 is 114 Å². The topological polar surface area (TPSA) is 500 Å². The van der Waals surface area contributed by atoms with E-state index in [4.69, 9.17) is 19.5 Å². The van der Waals surface area contributed by atoms with E-state index in [9.17, 15) is 67.2 Å². The van der Waals surface area contributed by atoms with Gasteiger partial charge in [0.2, 0.25) is 27.8 Å². The first-order valence-corrected chi connectivity index (χ1v) is 30.6. The third-order valence-electron chi connectivity index (χ3n) is 9.84. The molecule has 0 aliphatic heterocycles. The van der Waals surface area contributed by atoms with Crippen LogP contribution in [0.3, 0.4) is 0 Å². The number of methoxy groups -OCH3 is 6. The number of thiophene rings is 1. The highest BCUT2D eigenvalue weighted by Crippen LogP contribution is 2.28.